The highest BCUT2D eigenvalue weighted by Crippen LogP contribution is 2.25. The van der Waals surface area contributed by atoms with Gasteiger partial charge < -0.3 is 5.32 Å². The molecule has 3 heterocycles. The molecule has 0 bridgehead atoms. The van der Waals surface area contributed by atoms with Crippen LogP contribution in [0.1, 0.15) is 54.2 Å². The second kappa shape index (κ2) is 9.96. The number of benzene rings is 1. The van der Waals surface area contributed by atoms with Crippen molar-refractivity contribution in [2.45, 2.75) is 72.1 Å². The molecule has 0 spiro atoms. The lowest BCUT2D eigenvalue weighted by atomic mass is 10.0. The van der Waals surface area contributed by atoms with Crippen LogP contribution in [0.3, 0.4) is 0 Å². The van der Waals surface area contributed by atoms with Gasteiger partial charge in [0.15, 0.2) is 0 Å². The number of likely N-dealkylation sites (tertiary alicyclic amines) is 1. The molecule has 1 saturated heterocycles. The lowest BCUT2D eigenvalue weighted by Gasteiger charge is -2.33. The van der Waals surface area contributed by atoms with Gasteiger partial charge >= 0.3 is 0 Å². The maximum absolute atomic E-state index is 12.8. The predicted octanol–water partition coefficient (Wildman–Crippen LogP) is 4.16. The van der Waals surface area contributed by atoms with Crippen LogP contribution >= 0.6 is 11.3 Å². The molecule has 1 aliphatic rings. The van der Waals surface area contributed by atoms with Crippen molar-refractivity contribution >= 4 is 27.5 Å². The third-order valence-electron chi connectivity index (χ3n) is 6.64. The molecule has 170 valence electrons. The first-order valence-corrected chi connectivity index (χ1v) is 12.3. The van der Waals surface area contributed by atoms with E-state index in [1.165, 1.54) is 36.2 Å². The minimum absolute atomic E-state index is 0.0589. The van der Waals surface area contributed by atoms with Crippen molar-refractivity contribution in [1.29, 1.82) is 0 Å². The average Bonchev–Trinajstić information content (AvgIpc) is 3.08. The zero-order valence-electron chi connectivity index (χ0n) is 19.2. The molecular formula is C25H32N4O2S. The van der Waals surface area contributed by atoms with Crippen LogP contribution in [0, 0.1) is 13.8 Å². The number of aromatic nitrogens is 2. The first-order chi connectivity index (χ1) is 15.4. The SMILES string of the molecule is Cc1sc2ncn(CCC(=O)NCc3ccccc3CN3CCCCC3C)c(=O)c2c1C. The summed E-state index contributed by atoms with van der Waals surface area (Å²) in [6.45, 7) is 9.16. The molecule has 0 aliphatic carbocycles. The van der Waals surface area contributed by atoms with Crippen molar-refractivity contribution in [3.8, 4) is 0 Å². The highest BCUT2D eigenvalue weighted by atomic mass is 32.1. The molecule has 32 heavy (non-hydrogen) atoms. The quantitative estimate of drug-likeness (QED) is 0.585. The zero-order chi connectivity index (χ0) is 22.7. The van der Waals surface area contributed by atoms with Crippen LogP contribution in [0.4, 0.5) is 0 Å². The minimum atomic E-state index is -0.0642. The Morgan fingerprint density at radius 1 is 1.22 bits per heavy atom. The summed E-state index contributed by atoms with van der Waals surface area (Å²) < 4.78 is 1.55. The van der Waals surface area contributed by atoms with Gasteiger partial charge in [-0.1, -0.05) is 30.7 Å². The number of fused-ring (bicyclic) bond motifs is 1. The van der Waals surface area contributed by atoms with Crippen LogP contribution in [0.15, 0.2) is 35.4 Å². The van der Waals surface area contributed by atoms with Gasteiger partial charge in [0.05, 0.1) is 11.7 Å². The molecule has 2 aromatic heterocycles. The fourth-order valence-corrected chi connectivity index (χ4v) is 5.42. The van der Waals surface area contributed by atoms with E-state index in [-0.39, 0.29) is 17.9 Å². The van der Waals surface area contributed by atoms with E-state index in [1.807, 2.05) is 19.9 Å². The summed E-state index contributed by atoms with van der Waals surface area (Å²) >= 11 is 1.54. The topological polar surface area (TPSA) is 67.2 Å². The summed E-state index contributed by atoms with van der Waals surface area (Å²) in [5, 5.41) is 3.72. The van der Waals surface area contributed by atoms with Crippen LogP contribution in [0.2, 0.25) is 0 Å². The molecule has 3 aromatic rings. The van der Waals surface area contributed by atoms with Crippen LogP contribution < -0.4 is 10.9 Å². The highest BCUT2D eigenvalue weighted by Gasteiger charge is 2.19. The van der Waals surface area contributed by atoms with Gasteiger partial charge in [-0.15, -0.1) is 11.3 Å². The Labute approximate surface area is 193 Å². The lowest BCUT2D eigenvalue weighted by Crippen LogP contribution is -2.37. The van der Waals surface area contributed by atoms with Crippen LogP contribution in [0.5, 0.6) is 0 Å². The number of piperidine rings is 1. The number of aryl methyl sites for hydroxylation is 3. The maximum Gasteiger partial charge on any atom is 0.262 e. The van der Waals surface area contributed by atoms with Crippen molar-refractivity contribution < 1.29 is 4.79 Å². The Morgan fingerprint density at radius 2 is 2.00 bits per heavy atom. The van der Waals surface area contributed by atoms with Crippen molar-refractivity contribution in [3.05, 3.63) is 62.5 Å². The summed E-state index contributed by atoms with van der Waals surface area (Å²) in [4.78, 5) is 34.2. The van der Waals surface area contributed by atoms with Gasteiger partial charge in [-0.05, 0) is 56.8 Å². The third kappa shape index (κ3) is 4.94. The monoisotopic (exact) mass is 452 g/mol. The summed E-state index contributed by atoms with van der Waals surface area (Å²) in [7, 11) is 0. The molecule has 0 saturated carbocycles. The second-order valence-electron chi connectivity index (χ2n) is 8.82. The molecule has 1 amide bonds. The van der Waals surface area contributed by atoms with E-state index in [0.717, 1.165) is 33.9 Å². The minimum Gasteiger partial charge on any atom is -0.352 e. The first kappa shape index (κ1) is 22.7. The van der Waals surface area contributed by atoms with Crippen LogP contribution in [0.25, 0.3) is 10.2 Å². The number of hydrogen-bond acceptors (Lipinski definition) is 5. The Balaban J connectivity index is 1.36. The first-order valence-electron chi connectivity index (χ1n) is 11.5. The number of carbonyl (C=O) groups excluding carboxylic acids is 1. The number of carbonyl (C=O) groups is 1. The molecule has 1 unspecified atom stereocenters. The van der Waals surface area contributed by atoms with Gasteiger partial charge in [-0.25, -0.2) is 4.98 Å². The molecule has 0 radical (unpaired) electrons. The smallest absolute Gasteiger partial charge is 0.262 e. The van der Waals surface area contributed by atoms with Gasteiger partial charge in [0.25, 0.3) is 5.56 Å². The predicted molar refractivity (Wildman–Crippen MR) is 130 cm³/mol. The molecule has 1 N–H and O–H groups in total. The normalized spacial score (nSPS) is 17.0. The molecule has 4 rings (SSSR count). The molecular weight excluding hydrogens is 420 g/mol. The Kier molecular flexibility index (Phi) is 7.06. The van der Waals surface area contributed by atoms with E-state index in [9.17, 15) is 9.59 Å². The van der Waals surface area contributed by atoms with Crippen molar-refractivity contribution in [2.24, 2.45) is 0 Å². The summed E-state index contributed by atoms with van der Waals surface area (Å²) in [6, 6.07) is 8.95. The maximum atomic E-state index is 12.8. The van der Waals surface area contributed by atoms with E-state index in [2.05, 4.69) is 40.3 Å². The number of amides is 1. The molecule has 1 aromatic carbocycles. The van der Waals surface area contributed by atoms with Gasteiger partial charge in [-0.3, -0.25) is 19.1 Å². The fourth-order valence-electron chi connectivity index (χ4n) is 4.43. The summed E-state index contributed by atoms with van der Waals surface area (Å²) in [5.41, 5.74) is 3.35. The number of hydrogen-bond donors (Lipinski definition) is 1. The van der Waals surface area contributed by atoms with Crippen molar-refractivity contribution in [3.63, 3.8) is 0 Å². The average molecular weight is 453 g/mol. The summed E-state index contributed by atoms with van der Waals surface area (Å²) in [6.07, 6.45) is 5.63. The van der Waals surface area contributed by atoms with E-state index in [4.69, 9.17) is 0 Å². The van der Waals surface area contributed by atoms with Crippen LogP contribution in [-0.4, -0.2) is 32.9 Å². The largest absolute Gasteiger partial charge is 0.352 e. The number of thiophene rings is 1. The molecule has 1 fully saturated rings. The van der Waals surface area contributed by atoms with Gasteiger partial charge in [0.1, 0.15) is 4.83 Å². The molecule has 6 nitrogen and oxygen atoms in total. The molecule has 1 aliphatic heterocycles. The number of rotatable bonds is 7. The standard InChI is InChI=1S/C25H32N4O2S/c1-17-8-6-7-12-28(17)15-21-10-5-4-9-20(21)14-26-22(30)11-13-29-16-27-24-23(25(29)31)18(2)19(3)32-24/h4-5,9-10,16-17H,6-8,11-15H2,1-3H3,(H,26,30). The summed E-state index contributed by atoms with van der Waals surface area (Å²) in [5.74, 6) is -0.0589. The van der Waals surface area contributed by atoms with Gasteiger partial charge in [0, 0.05) is 37.0 Å². The van der Waals surface area contributed by atoms with Gasteiger partial charge in [-0.2, -0.15) is 0 Å². The lowest BCUT2D eigenvalue weighted by molar-refractivity contribution is -0.121. The number of nitrogens with zero attached hydrogens (tertiary/aromatic N) is 3. The van der Waals surface area contributed by atoms with Crippen LogP contribution in [-0.2, 0) is 24.4 Å². The zero-order valence-corrected chi connectivity index (χ0v) is 20.0. The number of nitrogens with one attached hydrogen (secondary N) is 1. The van der Waals surface area contributed by atoms with E-state index >= 15 is 0 Å². The fraction of sp³-hybridized carbons (Fsp3) is 0.480. The Hall–Kier alpha value is -2.51. The van der Waals surface area contributed by atoms with E-state index in [0.29, 0.717) is 24.5 Å². The van der Waals surface area contributed by atoms with E-state index in [1.54, 1.807) is 10.9 Å². The Bertz CT molecular complexity index is 1170. The Morgan fingerprint density at radius 3 is 2.78 bits per heavy atom. The third-order valence-corrected chi connectivity index (χ3v) is 7.76. The highest BCUT2D eigenvalue weighted by molar-refractivity contribution is 7.18. The molecule has 1 atom stereocenters. The van der Waals surface area contributed by atoms with Crippen molar-refractivity contribution in [2.75, 3.05) is 6.54 Å². The second-order valence-corrected chi connectivity index (χ2v) is 10.0. The molecule has 7 heteroatoms. The van der Waals surface area contributed by atoms with Gasteiger partial charge in [0.2, 0.25) is 5.91 Å². The van der Waals surface area contributed by atoms with Crippen molar-refractivity contribution in [1.82, 2.24) is 19.8 Å². The van der Waals surface area contributed by atoms with E-state index < -0.39 is 0 Å².